The van der Waals surface area contributed by atoms with Crippen LogP contribution in [0.3, 0.4) is 0 Å². The number of hydrogen-bond donors (Lipinski definition) is 1. The van der Waals surface area contributed by atoms with Crippen molar-refractivity contribution in [3.8, 4) is 0 Å². The summed E-state index contributed by atoms with van der Waals surface area (Å²) in [6.07, 6.45) is 1.84. The predicted molar refractivity (Wildman–Crippen MR) is 114 cm³/mol. The van der Waals surface area contributed by atoms with Gasteiger partial charge in [-0.05, 0) is 37.1 Å². The van der Waals surface area contributed by atoms with Crippen molar-refractivity contribution in [2.45, 2.75) is 24.0 Å². The van der Waals surface area contributed by atoms with E-state index in [2.05, 4.69) is 5.32 Å². The van der Waals surface area contributed by atoms with Crippen LogP contribution in [0.15, 0.2) is 28.5 Å². The zero-order chi connectivity index (χ0) is 19.0. The molecule has 140 valence electrons. The minimum Gasteiger partial charge on any atom is -0.462 e. The van der Waals surface area contributed by atoms with Crippen LogP contribution in [0.4, 0.5) is 5.00 Å². The summed E-state index contributed by atoms with van der Waals surface area (Å²) in [7, 11) is 0. The van der Waals surface area contributed by atoms with Crippen molar-refractivity contribution >= 4 is 73.0 Å². The number of amides is 1. The highest BCUT2D eigenvalue weighted by molar-refractivity contribution is 8.01. The number of carbonyl (C=O) groups is 2. The fraction of sp³-hybridized carbons (Fsp3) is 0.263. The number of anilines is 1. The van der Waals surface area contributed by atoms with Gasteiger partial charge in [-0.1, -0.05) is 29.8 Å². The van der Waals surface area contributed by atoms with Crippen molar-refractivity contribution in [1.29, 1.82) is 0 Å². The Morgan fingerprint density at radius 2 is 2.07 bits per heavy atom. The van der Waals surface area contributed by atoms with Gasteiger partial charge in [-0.25, -0.2) is 4.79 Å². The monoisotopic (exact) mass is 437 g/mol. The molecule has 0 bridgehead atoms. The first kappa shape index (κ1) is 18.8. The first-order chi connectivity index (χ1) is 13.1. The molecule has 1 aromatic carbocycles. The van der Waals surface area contributed by atoms with Gasteiger partial charge >= 0.3 is 5.97 Å². The van der Waals surface area contributed by atoms with Crippen LogP contribution in [0.5, 0.6) is 0 Å². The summed E-state index contributed by atoms with van der Waals surface area (Å²) in [6, 6.07) is 7.65. The molecule has 27 heavy (non-hydrogen) atoms. The number of thiophene rings is 2. The summed E-state index contributed by atoms with van der Waals surface area (Å²) in [6.45, 7) is 2.08. The molecular formula is C19H16ClNO3S3. The number of ether oxygens (including phenoxy) is 1. The average Bonchev–Trinajstić information content (AvgIpc) is 3.20. The van der Waals surface area contributed by atoms with E-state index in [1.807, 2.05) is 24.3 Å². The van der Waals surface area contributed by atoms with E-state index in [4.69, 9.17) is 16.3 Å². The molecule has 0 radical (unpaired) electrons. The van der Waals surface area contributed by atoms with Crippen molar-refractivity contribution in [2.24, 2.45) is 0 Å². The number of benzene rings is 1. The van der Waals surface area contributed by atoms with Gasteiger partial charge in [0, 0.05) is 10.1 Å². The van der Waals surface area contributed by atoms with Gasteiger partial charge in [0.2, 0.25) is 0 Å². The van der Waals surface area contributed by atoms with Gasteiger partial charge in [-0.15, -0.1) is 34.4 Å². The van der Waals surface area contributed by atoms with Crippen LogP contribution >= 0.6 is 46.0 Å². The van der Waals surface area contributed by atoms with Crippen molar-refractivity contribution in [1.82, 2.24) is 0 Å². The fourth-order valence-electron chi connectivity index (χ4n) is 3.03. The van der Waals surface area contributed by atoms with E-state index in [0.29, 0.717) is 27.1 Å². The van der Waals surface area contributed by atoms with Crippen LogP contribution in [0.2, 0.25) is 5.02 Å². The quantitative estimate of drug-likeness (QED) is 0.502. The Hall–Kier alpha value is -1.54. The molecule has 3 heterocycles. The summed E-state index contributed by atoms with van der Waals surface area (Å²) < 4.78 is 7.28. The Balaban J connectivity index is 1.71. The molecule has 0 atom stereocenters. The smallest absolute Gasteiger partial charge is 0.341 e. The third kappa shape index (κ3) is 3.49. The molecule has 0 saturated heterocycles. The molecule has 8 heteroatoms. The normalized spacial score (nSPS) is 13.4. The molecule has 0 aliphatic carbocycles. The standard InChI is InChI=1S/C19H16ClNO3S3/c1-2-24-18(23)13-11-7-5-9-25-19(11)27-17(13)21-16(22)15-14(20)10-6-3-4-8-12(10)26-15/h3-4,6,8H,2,5,7,9H2,1H3,(H,21,22). The number of fused-ring (bicyclic) bond motifs is 2. The highest BCUT2D eigenvalue weighted by Crippen LogP contribution is 2.44. The van der Waals surface area contributed by atoms with Crippen molar-refractivity contribution < 1.29 is 14.3 Å². The summed E-state index contributed by atoms with van der Waals surface area (Å²) in [5, 5.41) is 4.77. The molecule has 1 N–H and O–H groups in total. The third-order valence-electron chi connectivity index (χ3n) is 4.22. The molecule has 3 aromatic rings. The second-order valence-corrected chi connectivity index (χ2v) is 9.75. The van der Waals surface area contributed by atoms with Crippen LogP contribution in [0, 0.1) is 0 Å². The summed E-state index contributed by atoms with van der Waals surface area (Å²) in [5.74, 6) is 0.344. The first-order valence-corrected chi connectivity index (χ1v) is 11.5. The average molecular weight is 438 g/mol. The highest BCUT2D eigenvalue weighted by atomic mass is 35.5. The Morgan fingerprint density at radius 1 is 1.26 bits per heavy atom. The van der Waals surface area contributed by atoms with Gasteiger partial charge < -0.3 is 10.1 Å². The van der Waals surface area contributed by atoms with E-state index in [9.17, 15) is 9.59 Å². The van der Waals surface area contributed by atoms with Crippen LogP contribution in [-0.4, -0.2) is 24.2 Å². The lowest BCUT2D eigenvalue weighted by Gasteiger charge is -2.12. The molecule has 4 nitrogen and oxygen atoms in total. The number of thioether (sulfide) groups is 1. The molecule has 0 fully saturated rings. The third-order valence-corrected chi connectivity index (χ3v) is 8.44. The summed E-state index contributed by atoms with van der Waals surface area (Å²) >= 11 is 10.9. The van der Waals surface area contributed by atoms with Crippen LogP contribution in [0.25, 0.3) is 10.1 Å². The number of carbonyl (C=O) groups excluding carboxylic acids is 2. The van der Waals surface area contributed by atoms with Crippen molar-refractivity contribution in [3.63, 3.8) is 0 Å². The summed E-state index contributed by atoms with van der Waals surface area (Å²) in [5.41, 5.74) is 1.49. The maximum absolute atomic E-state index is 12.9. The van der Waals surface area contributed by atoms with Gasteiger partial charge in [-0.3, -0.25) is 4.79 Å². The molecule has 0 unspecified atom stereocenters. The minimum absolute atomic E-state index is 0.296. The summed E-state index contributed by atoms with van der Waals surface area (Å²) in [4.78, 5) is 25.9. The fourth-order valence-corrected chi connectivity index (χ4v) is 6.99. The van der Waals surface area contributed by atoms with E-state index < -0.39 is 0 Å². The highest BCUT2D eigenvalue weighted by Gasteiger charge is 2.28. The minimum atomic E-state index is -0.379. The predicted octanol–water partition coefficient (Wildman–Crippen LogP) is 6.08. The van der Waals surface area contributed by atoms with E-state index in [1.165, 1.54) is 22.7 Å². The number of halogens is 1. The SMILES string of the molecule is CCOC(=O)c1c(NC(=O)c2sc3ccccc3c2Cl)sc2c1CCCS2. The lowest BCUT2D eigenvalue weighted by Crippen LogP contribution is -2.15. The molecular weight excluding hydrogens is 422 g/mol. The Labute approximate surface area is 173 Å². The van der Waals surface area contributed by atoms with Crippen LogP contribution < -0.4 is 5.32 Å². The second-order valence-electron chi connectivity index (χ2n) is 5.94. The van der Waals surface area contributed by atoms with E-state index in [-0.39, 0.29) is 11.9 Å². The van der Waals surface area contributed by atoms with Gasteiger partial charge in [0.05, 0.1) is 21.4 Å². The largest absolute Gasteiger partial charge is 0.462 e. The van der Waals surface area contributed by atoms with E-state index >= 15 is 0 Å². The number of rotatable bonds is 4. The Morgan fingerprint density at radius 3 is 2.85 bits per heavy atom. The topological polar surface area (TPSA) is 55.4 Å². The Kier molecular flexibility index (Phi) is 5.45. The number of hydrogen-bond acceptors (Lipinski definition) is 6. The molecule has 4 rings (SSSR count). The molecule has 1 amide bonds. The van der Waals surface area contributed by atoms with E-state index in [1.54, 1.807) is 18.7 Å². The van der Waals surface area contributed by atoms with Gasteiger partial charge in [-0.2, -0.15) is 0 Å². The zero-order valence-corrected chi connectivity index (χ0v) is 17.7. The van der Waals surface area contributed by atoms with E-state index in [0.717, 1.165) is 38.5 Å². The lowest BCUT2D eigenvalue weighted by atomic mass is 10.1. The zero-order valence-electron chi connectivity index (χ0n) is 14.5. The van der Waals surface area contributed by atoms with Crippen molar-refractivity contribution in [3.05, 3.63) is 45.3 Å². The molecule has 0 saturated carbocycles. The molecule has 2 aromatic heterocycles. The first-order valence-electron chi connectivity index (χ1n) is 8.54. The van der Waals surface area contributed by atoms with Crippen LogP contribution in [-0.2, 0) is 11.2 Å². The van der Waals surface area contributed by atoms with Gasteiger partial charge in [0.1, 0.15) is 9.88 Å². The van der Waals surface area contributed by atoms with Gasteiger partial charge in [0.25, 0.3) is 5.91 Å². The maximum Gasteiger partial charge on any atom is 0.341 e. The number of esters is 1. The second kappa shape index (κ2) is 7.83. The van der Waals surface area contributed by atoms with Crippen molar-refractivity contribution in [2.75, 3.05) is 17.7 Å². The maximum atomic E-state index is 12.9. The molecule has 0 spiro atoms. The molecule has 1 aliphatic rings. The van der Waals surface area contributed by atoms with Gasteiger partial charge in [0.15, 0.2) is 0 Å². The lowest BCUT2D eigenvalue weighted by molar-refractivity contribution is 0.0526. The number of nitrogens with one attached hydrogen (secondary N) is 1. The van der Waals surface area contributed by atoms with Crippen LogP contribution in [0.1, 0.15) is 38.9 Å². The Bertz CT molecular complexity index is 1040. The molecule has 1 aliphatic heterocycles.